The zero-order valence-electron chi connectivity index (χ0n) is 14.1. The highest BCUT2D eigenvalue weighted by Crippen LogP contribution is 2.36. The van der Waals surface area contributed by atoms with E-state index in [9.17, 15) is 5.11 Å². The molecule has 0 amide bonds. The van der Waals surface area contributed by atoms with E-state index >= 15 is 0 Å². The molecule has 1 saturated heterocycles. The summed E-state index contributed by atoms with van der Waals surface area (Å²) in [7, 11) is 0. The summed E-state index contributed by atoms with van der Waals surface area (Å²) >= 11 is 1.55. The molecule has 4 aromatic rings. The Labute approximate surface area is 153 Å². The Balaban J connectivity index is 1.49. The van der Waals surface area contributed by atoms with Crippen molar-refractivity contribution in [3.63, 3.8) is 0 Å². The molecule has 1 aliphatic rings. The van der Waals surface area contributed by atoms with Crippen molar-refractivity contribution in [2.24, 2.45) is 0 Å². The van der Waals surface area contributed by atoms with Gasteiger partial charge in [0.15, 0.2) is 0 Å². The van der Waals surface area contributed by atoms with Gasteiger partial charge in [0.05, 0.1) is 24.9 Å². The number of benzene rings is 2. The van der Waals surface area contributed by atoms with E-state index in [1.807, 2.05) is 24.0 Å². The molecule has 3 heterocycles. The fraction of sp³-hybridized carbons (Fsp3) is 0.211. The highest BCUT2D eigenvalue weighted by molar-refractivity contribution is 7.18. The van der Waals surface area contributed by atoms with Crippen LogP contribution in [0.3, 0.4) is 0 Å². The lowest BCUT2D eigenvalue weighted by Gasteiger charge is -2.33. The van der Waals surface area contributed by atoms with Crippen LogP contribution >= 0.6 is 11.3 Å². The summed E-state index contributed by atoms with van der Waals surface area (Å²) in [6.07, 6.45) is -0.310. The molecule has 130 valence electrons. The maximum absolute atomic E-state index is 9.41. The van der Waals surface area contributed by atoms with Crippen molar-refractivity contribution in [3.8, 4) is 21.3 Å². The molecule has 0 aliphatic carbocycles. The molecule has 0 unspecified atom stereocenters. The Morgan fingerprint density at radius 3 is 2.73 bits per heavy atom. The topological polar surface area (TPSA) is 75.3 Å². The van der Waals surface area contributed by atoms with Gasteiger partial charge in [-0.3, -0.25) is 0 Å². The van der Waals surface area contributed by atoms with Gasteiger partial charge in [-0.15, -0.1) is 16.4 Å². The number of hydrogen-bond acceptors (Lipinski definition) is 7. The predicted molar refractivity (Wildman–Crippen MR) is 101 cm³/mol. The lowest BCUT2D eigenvalue weighted by atomic mass is 10.1. The first-order chi connectivity index (χ1) is 12.7. The number of aryl methyl sites for hydroxylation is 1. The third-order valence-electron chi connectivity index (χ3n) is 4.53. The molecule has 0 saturated carbocycles. The van der Waals surface area contributed by atoms with Gasteiger partial charge >= 0.3 is 6.01 Å². The first-order valence-corrected chi connectivity index (χ1v) is 9.22. The van der Waals surface area contributed by atoms with E-state index in [1.54, 1.807) is 11.3 Å². The molecule has 2 aromatic carbocycles. The largest absolute Gasteiger partial charge is 0.402 e. The summed E-state index contributed by atoms with van der Waals surface area (Å²) in [6.45, 7) is 3.02. The van der Waals surface area contributed by atoms with Crippen molar-refractivity contribution < 1.29 is 9.52 Å². The van der Waals surface area contributed by atoms with E-state index in [2.05, 4.69) is 40.5 Å². The van der Waals surface area contributed by atoms with Crippen molar-refractivity contribution >= 4 is 28.1 Å². The molecule has 1 N–H and O–H groups in total. The van der Waals surface area contributed by atoms with Crippen LogP contribution in [-0.2, 0) is 0 Å². The van der Waals surface area contributed by atoms with Gasteiger partial charge in [0.2, 0.25) is 0 Å². The van der Waals surface area contributed by atoms with Crippen LogP contribution in [0.4, 0.5) is 6.01 Å². The lowest BCUT2D eigenvalue weighted by Crippen LogP contribution is -2.51. The van der Waals surface area contributed by atoms with Crippen molar-refractivity contribution in [2.45, 2.75) is 13.0 Å². The van der Waals surface area contributed by atoms with Gasteiger partial charge in [0.1, 0.15) is 9.88 Å². The zero-order valence-corrected chi connectivity index (χ0v) is 14.9. The minimum atomic E-state index is -0.310. The number of aromatic nitrogens is 3. The Morgan fingerprint density at radius 2 is 1.92 bits per heavy atom. The smallest absolute Gasteiger partial charge is 0.318 e. The van der Waals surface area contributed by atoms with Gasteiger partial charge in [-0.25, -0.2) is 4.98 Å². The van der Waals surface area contributed by atoms with Crippen molar-refractivity contribution in [1.82, 2.24) is 15.2 Å². The number of aliphatic hydroxyl groups excluding tert-OH is 1. The lowest BCUT2D eigenvalue weighted by molar-refractivity contribution is 0.137. The maximum atomic E-state index is 9.41. The number of anilines is 1. The van der Waals surface area contributed by atoms with Crippen LogP contribution in [-0.4, -0.2) is 39.5 Å². The molecule has 6 nitrogen and oxygen atoms in total. The Bertz CT molecular complexity index is 1100. The van der Waals surface area contributed by atoms with Crippen molar-refractivity contribution in [1.29, 1.82) is 0 Å². The van der Waals surface area contributed by atoms with Gasteiger partial charge in [-0.2, -0.15) is 0 Å². The van der Waals surface area contributed by atoms with Crippen LogP contribution in [0.2, 0.25) is 0 Å². The van der Waals surface area contributed by atoms with Gasteiger partial charge < -0.3 is 14.4 Å². The normalized spacial score (nSPS) is 14.8. The van der Waals surface area contributed by atoms with Crippen LogP contribution < -0.4 is 4.90 Å². The molecule has 0 spiro atoms. The molecule has 0 atom stereocenters. The van der Waals surface area contributed by atoms with Gasteiger partial charge in [0.25, 0.3) is 5.89 Å². The number of rotatable bonds is 3. The SMILES string of the molecule is Cc1nc(-c2ccc3ccccc3c2)sc1-c1nnc(N2CC(O)C2)o1. The summed E-state index contributed by atoms with van der Waals surface area (Å²) in [5.74, 6) is 0.475. The Morgan fingerprint density at radius 1 is 1.12 bits per heavy atom. The standard InChI is InChI=1S/C19H16N4O2S/c1-11-16(17-21-22-19(25-17)23-9-15(24)10-23)26-18(20-11)14-7-6-12-4-2-3-5-13(12)8-14/h2-8,15,24H,9-10H2,1H3. The third-order valence-corrected chi connectivity index (χ3v) is 5.73. The molecule has 1 fully saturated rings. The predicted octanol–water partition coefficient (Wildman–Crippen LogP) is 3.50. The minimum absolute atomic E-state index is 0.310. The highest BCUT2D eigenvalue weighted by Gasteiger charge is 2.29. The molecular weight excluding hydrogens is 348 g/mol. The van der Waals surface area contributed by atoms with Gasteiger partial charge in [-0.05, 0) is 23.8 Å². The van der Waals surface area contributed by atoms with Crippen LogP contribution in [0.1, 0.15) is 5.69 Å². The van der Waals surface area contributed by atoms with E-state index < -0.39 is 0 Å². The van der Waals surface area contributed by atoms with E-state index in [4.69, 9.17) is 9.40 Å². The number of thiazole rings is 1. The second-order valence-electron chi connectivity index (χ2n) is 6.44. The molecule has 2 aromatic heterocycles. The first-order valence-electron chi connectivity index (χ1n) is 8.41. The molecule has 1 aliphatic heterocycles. The van der Waals surface area contributed by atoms with E-state index in [0.29, 0.717) is 25.0 Å². The summed E-state index contributed by atoms with van der Waals surface area (Å²) in [4.78, 5) is 7.45. The van der Waals surface area contributed by atoms with Gasteiger partial charge in [-0.1, -0.05) is 41.5 Å². The van der Waals surface area contributed by atoms with Crippen LogP contribution in [0.15, 0.2) is 46.9 Å². The van der Waals surface area contributed by atoms with E-state index in [1.165, 1.54) is 10.8 Å². The fourth-order valence-corrected chi connectivity index (χ4v) is 4.07. The highest BCUT2D eigenvalue weighted by atomic mass is 32.1. The van der Waals surface area contributed by atoms with E-state index in [0.717, 1.165) is 21.1 Å². The summed E-state index contributed by atoms with van der Waals surface area (Å²) in [5.41, 5.74) is 1.95. The number of β-amino-alcohol motifs (C(OH)–C–C–N with tert-alkyl or cyclic N) is 1. The van der Waals surface area contributed by atoms with Crippen molar-refractivity contribution in [3.05, 3.63) is 48.2 Å². The summed E-state index contributed by atoms with van der Waals surface area (Å²) < 4.78 is 5.79. The Kier molecular flexibility index (Phi) is 3.51. The third kappa shape index (κ3) is 2.56. The van der Waals surface area contributed by atoms with Crippen molar-refractivity contribution in [2.75, 3.05) is 18.0 Å². The quantitative estimate of drug-likeness (QED) is 0.600. The zero-order chi connectivity index (χ0) is 17.7. The van der Waals surface area contributed by atoms with Crippen LogP contribution in [0, 0.1) is 6.92 Å². The van der Waals surface area contributed by atoms with Gasteiger partial charge in [0, 0.05) is 5.56 Å². The Hall–Kier alpha value is -2.77. The summed E-state index contributed by atoms with van der Waals surface area (Å²) in [6, 6.07) is 15.1. The number of fused-ring (bicyclic) bond motifs is 1. The number of nitrogens with zero attached hydrogens (tertiary/aromatic N) is 4. The van der Waals surface area contributed by atoms with E-state index in [-0.39, 0.29) is 6.10 Å². The molecule has 5 rings (SSSR count). The molecule has 0 radical (unpaired) electrons. The molecule has 0 bridgehead atoms. The molecule has 26 heavy (non-hydrogen) atoms. The molecule has 7 heteroatoms. The fourth-order valence-electron chi connectivity index (χ4n) is 3.09. The average molecular weight is 364 g/mol. The maximum Gasteiger partial charge on any atom is 0.318 e. The first kappa shape index (κ1) is 15.5. The monoisotopic (exact) mass is 364 g/mol. The average Bonchev–Trinajstić information content (AvgIpc) is 3.25. The number of aliphatic hydroxyl groups is 1. The molecular formula is C19H16N4O2S. The second kappa shape index (κ2) is 5.89. The second-order valence-corrected chi connectivity index (χ2v) is 7.44. The van der Waals surface area contributed by atoms with Crippen LogP contribution in [0.25, 0.3) is 32.1 Å². The van der Waals surface area contributed by atoms with Crippen LogP contribution in [0.5, 0.6) is 0 Å². The summed E-state index contributed by atoms with van der Waals surface area (Å²) in [5, 5.41) is 21.0. The number of hydrogen-bond donors (Lipinski definition) is 1. The minimum Gasteiger partial charge on any atom is -0.402 e.